The van der Waals surface area contributed by atoms with Crippen LogP contribution < -0.4 is 11.1 Å². The van der Waals surface area contributed by atoms with Gasteiger partial charge in [-0.25, -0.2) is 0 Å². The summed E-state index contributed by atoms with van der Waals surface area (Å²) in [7, 11) is 0. The van der Waals surface area contributed by atoms with E-state index in [0.717, 1.165) is 25.7 Å². The summed E-state index contributed by atoms with van der Waals surface area (Å²) in [6, 6.07) is 0. The van der Waals surface area contributed by atoms with Crippen molar-refractivity contribution in [2.24, 2.45) is 5.73 Å². The van der Waals surface area contributed by atoms with Gasteiger partial charge >= 0.3 is 0 Å². The second-order valence-corrected chi connectivity index (χ2v) is 3.56. The van der Waals surface area contributed by atoms with Crippen molar-refractivity contribution in [2.45, 2.75) is 39.0 Å². The second-order valence-electron chi connectivity index (χ2n) is 3.56. The molecule has 0 bridgehead atoms. The number of carbonyl (C=O) groups excluding carboxylic acids is 1. The largest absolute Gasteiger partial charge is 0.380 e. The molecule has 0 fully saturated rings. The quantitative estimate of drug-likeness (QED) is 0.536. The Kier molecular flexibility index (Phi) is 11.0. The van der Waals surface area contributed by atoms with Crippen LogP contribution in [-0.2, 0) is 9.53 Å². The first kappa shape index (κ1) is 14.4. The first-order chi connectivity index (χ1) is 7.31. The van der Waals surface area contributed by atoms with Gasteiger partial charge in [-0.1, -0.05) is 19.8 Å². The number of unbranched alkanes of at least 4 members (excludes halogenated alkanes) is 2. The van der Waals surface area contributed by atoms with Gasteiger partial charge in [0.15, 0.2) is 0 Å². The minimum Gasteiger partial charge on any atom is -0.380 e. The van der Waals surface area contributed by atoms with Gasteiger partial charge in [0.1, 0.15) is 0 Å². The Labute approximate surface area is 92.6 Å². The Bertz CT molecular complexity index is 152. The molecule has 0 atom stereocenters. The Morgan fingerprint density at radius 2 is 2.07 bits per heavy atom. The molecule has 0 aliphatic carbocycles. The summed E-state index contributed by atoms with van der Waals surface area (Å²) in [5.41, 5.74) is 5.26. The molecule has 3 N–H and O–H groups in total. The lowest BCUT2D eigenvalue weighted by molar-refractivity contribution is -0.121. The highest BCUT2D eigenvalue weighted by molar-refractivity contribution is 5.75. The fraction of sp³-hybridized carbons (Fsp3) is 0.909. The van der Waals surface area contributed by atoms with E-state index in [2.05, 4.69) is 12.2 Å². The Balaban J connectivity index is 3.10. The fourth-order valence-electron chi connectivity index (χ4n) is 1.21. The molecule has 4 nitrogen and oxygen atoms in total. The van der Waals surface area contributed by atoms with Crippen molar-refractivity contribution in [2.75, 3.05) is 26.3 Å². The molecule has 0 aromatic carbocycles. The molecule has 0 aromatic heterocycles. The fourth-order valence-corrected chi connectivity index (χ4v) is 1.21. The van der Waals surface area contributed by atoms with Crippen molar-refractivity contribution in [1.82, 2.24) is 5.32 Å². The molecule has 0 saturated carbocycles. The molecule has 0 unspecified atom stereocenters. The van der Waals surface area contributed by atoms with Crippen molar-refractivity contribution in [1.29, 1.82) is 0 Å². The molecule has 0 spiro atoms. The van der Waals surface area contributed by atoms with Crippen LogP contribution in [0.2, 0.25) is 0 Å². The number of carbonyl (C=O) groups is 1. The van der Waals surface area contributed by atoms with Crippen LogP contribution in [0.25, 0.3) is 0 Å². The summed E-state index contributed by atoms with van der Waals surface area (Å²) in [5.74, 6) is 0.155. The van der Waals surface area contributed by atoms with Crippen molar-refractivity contribution in [3.05, 3.63) is 0 Å². The standard InChI is InChI=1S/C11H24N2O2/c1-2-3-4-6-11(14)13-8-5-9-15-10-7-12/h2-10,12H2,1H3,(H,13,14). The van der Waals surface area contributed by atoms with Gasteiger partial charge in [0, 0.05) is 26.1 Å². The minimum absolute atomic E-state index is 0.155. The van der Waals surface area contributed by atoms with E-state index in [1.165, 1.54) is 0 Å². The molecule has 0 rings (SSSR count). The molecule has 0 aliphatic rings. The number of nitrogens with two attached hydrogens (primary N) is 1. The third kappa shape index (κ3) is 11.3. The van der Waals surface area contributed by atoms with Crippen LogP contribution in [0.1, 0.15) is 39.0 Å². The van der Waals surface area contributed by atoms with E-state index < -0.39 is 0 Å². The molecule has 15 heavy (non-hydrogen) atoms. The van der Waals surface area contributed by atoms with Crippen molar-refractivity contribution in [3.8, 4) is 0 Å². The highest BCUT2D eigenvalue weighted by Crippen LogP contribution is 1.98. The second kappa shape index (κ2) is 11.5. The zero-order valence-electron chi connectivity index (χ0n) is 9.76. The van der Waals surface area contributed by atoms with Gasteiger partial charge in [-0.2, -0.15) is 0 Å². The Morgan fingerprint density at radius 1 is 1.27 bits per heavy atom. The summed E-state index contributed by atoms with van der Waals surface area (Å²) in [6.45, 7) is 4.67. The van der Waals surface area contributed by atoms with Crippen LogP contribution in [0.3, 0.4) is 0 Å². The summed E-state index contributed by atoms with van der Waals surface area (Å²) < 4.78 is 5.19. The third-order valence-electron chi connectivity index (χ3n) is 2.06. The zero-order chi connectivity index (χ0) is 11.4. The van der Waals surface area contributed by atoms with E-state index in [4.69, 9.17) is 10.5 Å². The summed E-state index contributed by atoms with van der Waals surface area (Å²) >= 11 is 0. The van der Waals surface area contributed by atoms with Gasteiger partial charge in [-0.05, 0) is 12.8 Å². The van der Waals surface area contributed by atoms with Gasteiger partial charge in [-0.3, -0.25) is 4.79 Å². The van der Waals surface area contributed by atoms with Gasteiger partial charge in [0.05, 0.1) is 6.61 Å². The zero-order valence-corrected chi connectivity index (χ0v) is 9.76. The first-order valence-corrected chi connectivity index (χ1v) is 5.85. The normalized spacial score (nSPS) is 10.3. The van der Waals surface area contributed by atoms with Crippen LogP contribution in [0, 0.1) is 0 Å². The van der Waals surface area contributed by atoms with Crippen molar-refractivity contribution >= 4 is 5.91 Å². The molecular weight excluding hydrogens is 192 g/mol. The predicted octanol–water partition coefficient (Wildman–Crippen LogP) is 1.05. The highest BCUT2D eigenvalue weighted by atomic mass is 16.5. The lowest BCUT2D eigenvalue weighted by atomic mass is 10.2. The molecule has 0 saturated heterocycles. The van der Waals surface area contributed by atoms with Gasteiger partial charge < -0.3 is 15.8 Å². The summed E-state index contributed by atoms with van der Waals surface area (Å²) in [5, 5.41) is 2.87. The molecule has 4 heteroatoms. The van der Waals surface area contributed by atoms with Gasteiger partial charge in [0.25, 0.3) is 0 Å². The number of rotatable bonds is 10. The number of amides is 1. The van der Waals surface area contributed by atoms with E-state index in [1.807, 2.05) is 0 Å². The smallest absolute Gasteiger partial charge is 0.219 e. The molecule has 0 aromatic rings. The van der Waals surface area contributed by atoms with Crippen LogP contribution >= 0.6 is 0 Å². The average Bonchev–Trinajstić information content (AvgIpc) is 2.23. The lowest BCUT2D eigenvalue weighted by Crippen LogP contribution is -2.25. The SMILES string of the molecule is CCCCCC(=O)NCCCOCCN. The molecular formula is C11H24N2O2. The van der Waals surface area contributed by atoms with Crippen LogP contribution in [0.15, 0.2) is 0 Å². The monoisotopic (exact) mass is 216 g/mol. The average molecular weight is 216 g/mol. The predicted molar refractivity (Wildman–Crippen MR) is 61.6 cm³/mol. The van der Waals surface area contributed by atoms with Gasteiger partial charge in [0.2, 0.25) is 5.91 Å². The van der Waals surface area contributed by atoms with Gasteiger partial charge in [-0.15, -0.1) is 0 Å². The molecule has 0 aliphatic heterocycles. The van der Waals surface area contributed by atoms with E-state index in [1.54, 1.807) is 0 Å². The maximum Gasteiger partial charge on any atom is 0.219 e. The van der Waals surface area contributed by atoms with Crippen molar-refractivity contribution in [3.63, 3.8) is 0 Å². The number of hydrogen-bond donors (Lipinski definition) is 2. The summed E-state index contributed by atoms with van der Waals surface area (Å²) in [4.78, 5) is 11.2. The molecule has 1 amide bonds. The maximum absolute atomic E-state index is 11.2. The van der Waals surface area contributed by atoms with E-state index in [0.29, 0.717) is 32.7 Å². The number of nitrogens with one attached hydrogen (secondary N) is 1. The first-order valence-electron chi connectivity index (χ1n) is 5.85. The topological polar surface area (TPSA) is 64.3 Å². The third-order valence-corrected chi connectivity index (χ3v) is 2.06. The molecule has 0 radical (unpaired) electrons. The van der Waals surface area contributed by atoms with E-state index in [9.17, 15) is 4.79 Å². The van der Waals surface area contributed by atoms with Crippen LogP contribution in [0.4, 0.5) is 0 Å². The highest BCUT2D eigenvalue weighted by Gasteiger charge is 1.99. The lowest BCUT2D eigenvalue weighted by Gasteiger charge is -2.05. The number of ether oxygens (including phenoxy) is 1. The Morgan fingerprint density at radius 3 is 2.73 bits per heavy atom. The molecule has 0 heterocycles. The van der Waals surface area contributed by atoms with E-state index in [-0.39, 0.29) is 5.91 Å². The van der Waals surface area contributed by atoms with Crippen LogP contribution in [0.5, 0.6) is 0 Å². The Hall–Kier alpha value is -0.610. The van der Waals surface area contributed by atoms with Crippen LogP contribution in [-0.4, -0.2) is 32.2 Å². The minimum atomic E-state index is 0.155. The maximum atomic E-state index is 11.2. The number of hydrogen-bond acceptors (Lipinski definition) is 3. The van der Waals surface area contributed by atoms with Crippen molar-refractivity contribution < 1.29 is 9.53 Å². The molecule has 90 valence electrons. The summed E-state index contributed by atoms with van der Waals surface area (Å²) in [6.07, 6.45) is 4.79. The van der Waals surface area contributed by atoms with E-state index >= 15 is 0 Å².